The standard InChI is InChI=1S/C26H23BrFNO4/c1-16(30)33-24-15-18(27)9-12-21(24)25-22(26(32)29(25)20-5-3-2-4-6-20)13-14-23(31)17-7-10-19(28)11-8-17/h2-12,15,22-23,25,31H,13-14H2,1H3. The third-order valence-corrected chi connectivity index (χ3v) is 6.30. The molecule has 3 atom stereocenters. The Bertz CT molecular complexity index is 1150. The largest absolute Gasteiger partial charge is 0.426 e. The number of amides is 1. The molecule has 1 saturated heterocycles. The van der Waals surface area contributed by atoms with Crippen LogP contribution >= 0.6 is 15.9 Å². The number of hydrogen-bond acceptors (Lipinski definition) is 4. The van der Waals surface area contributed by atoms with E-state index in [4.69, 9.17) is 4.74 Å². The summed E-state index contributed by atoms with van der Waals surface area (Å²) < 4.78 is 19.4. The Balaban J connectivity index is 1.63. The van der Waals surface area contributed by atoms with Crippen molar-refractivity contribution >= 4 is 33.5 Å². The van der Waals surface area contributed by atoms with E-state index in [1.807, 2.05) is 42.5 Å². The number of esters is 1. The molecule has 1 aliphatic heterocycles. The van der Waals surface area contributed by atoms with Gasteiger partial charge in [0.1, 0.15) is 11.6 Å². The van der Waals surface area contributed by atoms with Crippen molar-refractivity contribution in [1.29, 1.82) is 0 Å². The van der Waals surface area contributed by atoms with Gasteiger partial charge in [0.15, 0.2) is 0 Å². The van der Waals surface area contributed by atoms with E-state index < -0.39 is 18.0 Å². The number of β-lactam (4-membered cyclic amide) rings is 1. The number of ether oxygens (including phenoxy) is 1. The fourth-order valence-electron chi connectivity index (χ4n) is 4.25. The van der Waals surface area contributed by atoms with E-state index in [1.165, 1.54) is 19.1 Å². The van der Waals surface area contributed by atoms with Gasteiger partial charge in [0, 0.05) is 22.6 Å². The first-order chi connectivity index (χ1) is 15.8. The molecular formula is C26H23BrFNO4. The predicted molar refractivity (Wildman–Crippen MR) is 126 cm³/mol. The van der Waals surface area contributed by atoms with Crippen molar-refractivity contribution in [3.05, 3.63) is 94.2 Å². The van der Waals surface area contributed by atoms with Gasteiger partial charge in [-0.15, -0.1) is 0 Å². The predicted octanol–water partition coefficient (Wildman–Crippen LogP) is 5.73. The molecule has 1 fully saturated rings. The second kappa shape index (κ2) is 9.85. The van der Waals surface area contributed by atoms with Gasteiger partial charge in [0.25, 0.3) is 0 Å². The summed E-state index contributed by atoms with van der Waals surface area (Å²) in [5.41, 5.74) is 2.07. The Morgan fingerprint density at radius 1 is 1.12 bits per heavy atom. The van der Waals surface area contributed by atoms with Crippen molar-refractivity contribution in [1.82, 2.24) is 0 Å². The number of carbonyl (C=O) groups excluding carboxylic acids is 2. The average Bonchev–Trinajstić information content (AvgIpc) is 2.79. The zero-order valence-corrected chi connectivity index (χ0v) is 19.5. The number of halogens is 2. The van der Waals surface area contributed by atoms with E-state index in [2.05, 4.69) is 15.9 Å². The fraction of sp³-hybridized carbons (Fsp3) is 0.231. The van der Waals surface area contributed by atoms with Crippen LogP contribution in [0.3, 0.4) is 0 Å². The van der Waals surface area contributed by atoms with Crippen LogP contribution in [0.1, 0.15) is 43.0 Å². The number of aliphatic hydroxyl groups excluding tert-OH is 1. The lowest BCUT2D eigenvalue weighted by Crippen LogP contribution is -2.55. The molecule has 5 nitrogen and oxygen atoms in total. The SMILES string of the molecule is CC(=O)Oc1cc(Br)ccc1C1C(CCC(O)c2ccc(F)cc2)C(=O)N1c1ccccc1. The van der Waals surface area contributed by atoms with Crippen molar-refractivity contribution in [2.75, 3.05) is 4.90 Å². The summed E-state index contributed by atoms with van der Waals surface area (Å²) in [6.45, 7) is 1.34. The second-order valence-electron chi connectivity index (χ2n) is 8.02. The molecule has 0 saturated carbocycles. The van der Waals surface area contributed by atoms with Gasteiger partial charge in [0.05, 0.1) is 18.1 Å². The third kappa shape index (κ3) is 4.99. The van der Waals surface area contributed by atoms with E-state index in [-0.39, 0.29) is 17.8 Å². The van der Waals surface area contributed by atoms with Crippen LogP contribution in [0.5, 0.6) is 5.75 Å². The first-order valence-electron chi connectivity index (χ1n) is 10.6. The van der Waals surface area contributed by atoms with Crippen molar-refractivity contribution in [2.45, 2.75) is 31.9 Å². The Morgan fingerprint density at radius 2 is 1.82 bits per heavy atom. The molecule has 0 spiro atoms. The molecule has 0 radical (unpaired) electrons. The lowest BCUT2D eigenvalue weighted by Gasteiger charge is -2.48. The highest BCUT2D eigenvalue weighted by Gasteiger charge is 2.49. The first-order valence-corrected chi connectivity index (χ1v) is 11.4. The van der Waals surface area contributed by atoms with Crippen LogP contribution in [0.15, 0.2) is 77.3 Å². The summed E-state index contributed by atoms with van der Waals surface area (Å²) in [7, 11) is 0. The van der Waals surface area contributed by atoms with E-state index >= 15 is 0 Å². The van der Waals surface area contributed by atoms with E-state index in [0.29, 0.717) is 24.2 Å². The monoisotopic (exact) mass is 511 g/mol. The molecule has 0 aliphatic carbocycles. The van der Waals surface area contributed by atoms with Gasteiger partial charge in [0.2, 0.25) is 5.91 Å². The number of aliphatic hydroxyl groups is 1. The van der Waals surface area contributed by atoms with Crippen LogP contribution < -0.4 is 9.64 Å². The molecule has 7 heteroatoms. The highest BCUT2D eigenvalue weighted by atomic mass is 79.9. The molecule has 3 aromatic carbocycles. The molecule has 1 N–H and O–H groups in total. The minimum absolute atomic E-state index is 0.0609. The molecule has 170 valence electrons. The Labute approximate surface area is 199 Å². The highest BCUT2D eigenvalue weighted by Crippen LogP contribution is 2.49. The van der Waals surface area contributed by atoms with E-state index in [0.717, 1.165) is 15.7 Å². The summed E-state index contributed by atoms with van der Waals surface area (Å²) in [6, 6.07) is 20.1. The fourth-order valence-corrected chi connectivity index (χ4v) is 4.59. The van der Waals surface area contributed by atoms with Gasteiger partial charge in [-0.25, -0.2) is 4.39 Å². The maximum absolute atomic E-state index is 13.2. The van der Waals surface area contributed by atoms with Gasteiger partial charge >= 0.3 is 5.97 Å². The quantitative estimate of drug-likeness (QED) is 0.250. The average molecular weight is 512 g/mol. The minimum Gasteiger partial charge on any atom is -0.426 e. The van der Waals surface area contributed by atoms with Gasteiger partial charge < -0.3 is 14.7 Å². The number of carbonyl (C=O) groups is 2. The summed E-state index contributed by atoms with van der Waals surface area (Å²) in [5, 5.41) is 10.6. The Morgan fingerprint density at radius 3 is 2.48 bits per heavy atom. The molecule has 3 aromatic rings. The highest BCUT2D eigenvalue weighted by molar-refractivity contribution is 9.10. The normalized spacial score (nSPS) is 18.5. The van der Waals surface area contributed by atoms with Crippen LogP contribution in [0, 0.1) is 11.7 Å². The molecule has 0 aromatic heterocycles. The Hall–Kier alpha value is -3.03. The maximum Gasteiger partial charge on any atom is 0.308 e. The molecule has 1 heterocycles. The van der Waals surface area contributed by atoms with Gasteiger partial charge in [-0.3, -0.25) is 9.59 Å². The first kappa shape index (κ1) is 23.1. The third-order valence-electron chi connectivity index (χ3n) is 5.80. The minimum atomic E-state index is -0.817. The number of nitrogens with zero attached hydrogens (tertiary/aromatic N) is 1. The molecule has 33 heavy (non-hydrogen) atoms. The molecule has 1 aliphatic rings. The topological polar surface area (TPSA) is 66.8 Å². The van der Waals surface area contributed by atoms with Crippen molar-refractivity contribution in [3.63, 3.8) is 0 Å². The summed E-state index contributed by atoms with van der Waals surface area (Å²) in [4.78, 5) is 26.6. The zero-order valence-electron chi connectivity index (χ0n) is 17.9. The van der Waals surface area contributed by atoms with Crippen LogP contribution in [-0.2, 0) is 9.59 Å². The molecular weight excluding hydrogens is 489 g/mol. The van der Waals surface area contributed by atoms with Crippen LogP contribution in [0.4, 0.5) is 10.1 Å². The molecule has 3 unspecified atom stereocenters. The zero-order chi connectivity index (χ0) is 23.5. The summed E-state index contributed by atoms with van der Waals surface area (Å²) in [6.07, 6.45) is -0.0654. The second-order valence-corrected chi connectivity index (χ2v) is 8.93. The van der Waals surface area contributed by atoms with Crippen molar-refractivity contribution in [2.24, 2.45) is 5.92 Å². The summed E-state index contributed by atoms with van der Waals surface area (Å²) in [5.74, 6) is -0.897. The number of para-hydroxylation sites is 1. The number of hydrogen-bond donors (Lipinski definition) is 1. The summed E-state index contributed by atoms with van der Waals surface area (Å²) >= 11 is 3.41. The van der Waals surface area contributed by atoms with E-state index in [1.54, 1.807) is 23.1 Å². The van der Waals surface area contributed by atoms with Crippen LogP contribution in [-0.4, -0.2) is 17.0 Å². The molecule has 1 amide bonds. The van der Waals surface area contributed by atoms with Crippen molar-refractivity contribution in [3.8, 4) is 5.75 Å². The van der Waals surface area contributed by atoms with Gasteiger partial charge in [-0.2, -0.15) is 0 Å². The number of rotatable bonds is 7. The maximum atomic E-state index is 13.2. The van der Waals surface area contributed by atoms with Gasteiger partial charge in [-0.1, -0.05) is 52.3 Å². The Kier molecular flexibility index (Phi) is 6.91. The molecule has 4 rings (SSSR count). The lowest BCUT2D eigenvalue weighted by molar-refractivity contribution is -0.132. The number of anilines is 1. The van der Waals surface area contributed by atoms with Gasteiger partial charge in [-0.05, 0) is 54.8 Å². The smallest absolute Gasteiger partial charge is 0.308 e. The van der Waals surface area contributed by atoms with Crippen LogP contribution in [0.2, 0.25) is 0 Å². The van der Waals surface area contributed by atoms with E-state index in [9.17, 15) is 19.1 Å². The lowest BCUT2D eigenvalue weighted by atomic mass is 9.78. The van der Waals surface area contributed by atoms with Crippen molar-refractivity contribution < 1.29 is 23.8 Å². The number of benzene rings is 3. The molecule has 0 bridgehead atoms. The van der Waals surface area contributed by atoms with Crippen LogP contribution in [0.25, 0.3) is 0 Å².